The van der Waals surface area contributed by atoms with Crippen molar-refractivity contribution in [3.05, 3.63) is 70.8 Å². The van der Waals surface area contributed by atoms with Gasteiger partial charge in [-0.2, -0.15) is 0 Å². The molecule has 2 heterocycles. The molecule has 0 aromatic heterocycles. The summed E-state index contributed by atoms with van der Waals surface area (Å²) in [6, 6.07) is 17.5. The molecule has 1 spiro atoms. The van der Waals surface area contributed by atoms with Crippen molar-refractivity contribution in [1.29, 1.82) is 0 Å². The molecule has 1 saturated heterocycles. The Morgan fingerprint density at radius 1 is 1.00 bits per heavy atom. The third-order valence-corrected chi connectivity index (χ3v) is 5.42. The highest BCUT2D eigenvalue weighted by Gasteiger charge is 2.42. The third kappa shape index (κ3) is 3.00. The van der Waals surface area contributed by atoms with Gasteiger partial charge in [0.05, 0.1) is 18.8 Å². The van der Waals surface area contributed by atoms with Crippen molar-refractivity contribution in [2.75, 3.05) is 20.2 Å². The van der Waals surface area contributed by atoms with Gasteiger partial charge in [0.2, 0.25) is 0 Å². The lowest BCUT2D eigenvalue weighted by atomic mass is 9.84. The smallest absolute Gasteiger partial charge is 0.0963 e. The monoisotopic (exact) mass is 323 g/mol. The summed E-state index contributed by atoms with van der Waals surface area (Å²) in [7, 11) is 1.74. The summed E-state index contributed by atoms with van der Waals surface area (Å²) in [5.41, 5.74) is 5.37. The maximum absolute atomic E-state index is 6.25. The second kappa shape index (κ2) is 6.67. The van der Waals surface area contributed by atoms with Crippen LogP contribution in [-0.4, -0.2) is 25.1 Å². The van der Waals surface area contributed by atoms with Gasteiger partial charge < -0.3 is 9.47 Å². The van der Waals surface area contributed by atoms with Gasteiger partial charge in [0.1, 0.15) is 0 Å². The van der Waals surface area contributed by atoms with Gasteiger partial charge in [-0.15, -0.1) is 0 Å². The highest BCUT2D eigenvalue weighted by Crippen LogP contribution is 2.44. The van der Waals surface area contributed by atoms with Gasteiger partial charge in [0, 0.05) is 26.7 Å². The van der Waals surface area contributed by atoms with Crippen LogP contribution in [0.2, 0.25) is 0 Å². The molecule has 2 aromatic carbocycles. The zero-order valence-electron chi connectivity index (χ0n) is 14.3. The number of ether oxygens (including phenoxy) is 2. The number of methoxy groups -OCH3 is 1. The molecule has 0 saturated carbocycles. The van der Waals surface area contributed by atoms with E-state index >= 15 is 0 Å². The van der Waals surface area contributed by atoms with Crippen molar-refractivity contribution in [1.82, 2.24) is 4.90 Å². The first-order valence-corrected chi connectivity index (χ1v) is 8.80. The van der Waals surface area contributed by atoms with Gasteiger partial charge in [-0.25, -0.2) is 0 Å². The Hall–Kier alpha value is -1.68. The van der Waals surface area contributed by atoms with Crippen molar-refractivity contribution in [3.8, 4) is 0 Å². The molecule has 1 fully saturated rings. The van der Waals surface area contributed by atoms with Crippen LogP contribution in [0.5, 0.6) is 0 Å². The number of hydrogen-bond acceptors (Lipinski definition) is 3. The van der Waals surface area contributed by atoms with E-state index in [0.717, 1.165) is 39.1 Å². The van der Waals surface area contributed by atoms with Gasteiger partial charge in [-0.05, 0) is 35.1 Å². The van der Waals surface area contributed by atoms with Crippen LogP contribution in [0.4, 0.5) is 0 Å². The maximum atomic E-state index is 6.25. The Labute approximate surface area is 144 Å². The van der Waals surface area contributed by atoms with E-state index in [2.05, 4.69) is 53.4 Å². The van der Waals surface area contributed by atoms with Gasteiger partial charge in [0.25, 0.3) is 0 Å². The van der Waals surface area contributed by atoms with Crippen molar-refractivity contribution >= 4 is 0 Å². The van der Waals surface area contributed by atoms with E-state index in [4.69, 9.17) is 9.47 Å². The van der Waals surface area contributed by atoms with Crippen LogP contribution < -0.4 is 0 Å². The largest absolute Gasteiger partial charge is 0.380 e. The molecule has 3 heteroatoms. The summed E-state index contributed by atoms with van der Waals surface area (Å²) in [5.74, 6) is 0. The van der Waals surface area contributed by atoms with E-state index in [1.165, 1.54) is 22.3 Å². The molecule has 0 radical (unpaired) electrons. The molecule has 3 nitrogen and oxygen atoms in total. The number of fused-ring (bicyclic) bond motifs is 2. The summed E-state index contributed by atoms with van der Waals surface area (Å²) < 4.78 is 11.4. The lowest BCUT2D eigenvalue weighted by molar-refractivity contribution is -0.0799. The Balaban J connectivity index is 1.38. The molecule has 0 unspecified atom stereocenters. The SMILES string of the molecule is COCc1ccc(CN2CCC3(CC2)OCc2ccccc23)cc1. The molecular formula is C21H25NO2. The van der Waals surface area contributed by atoms with Crippen molar-refractivity contribution in [2.45, 2.75) is 38.2 Å². The molecule has 24 heavy (non-hydrogen) atoms. The first-order valence-electron chi connectivity index (χ1n) is 8.80. The minimum Gasteiger partial charge on any atom is -0.380 e. The van der Waals surface area contributed by atoms with Crippen LogP contribution in [0, 0.1) is 0 Å². The normalized spacial score (nSPS) is 19.5. The maximum Gasteiger partial charge on any atom is 0.0963 e. The zero-order valence-corrected chi connectivity index (χ0v) is 14.3. The summed E-state index contributed by atoms with van der Waals surface area (Å²) in [6.07, 6.45) is 2.18. The number of benzene rings is 2. The molecule has 126 valence electrons. The fraction of sp³-hybridized carbons (Fsp3) is 0.429. The number of likely N-dealkylation sites (tertiary alicyclic amines) is 1. The topological polar surface area (TPSA) is 21.7 Å². The highest BCUT2D eigenvalue weighted by molar-refractivity contribution is 5.36. The van der Waals surface area contributed by atoms with Crippen LogP contribution in [0.25, 0.3) is 0 Å². The standard InChI is InChI=1S/C21H25NO2/c1-23-15-18-8-6-17(7-9-18)14-22-12-10-21(11-13-22)20-5-3-2-4-19(20)16-24-21/h2-9H,10-16H2,1H3. The lowest BCUT2D eigenvalue weighted by Gasteiger charge is -2.39. The van der Waals surface area contributed by atoms with Crippen molar-refractivity contribution in [3.63, 3.8) is 0 Å². The average molecular weight is 323 g/mol. The van der Waals surface area contributed by atoms with Gasteiger partial charge in [-0.3, -0.25) is 4.90 Å². The number of piperidine rings is 1. The van der Waals surface area contributed by atoms with Gasteiger partial charge in [-0.1, -0.05) is 48.5 Å². The molecule has 2 aromatic rings. The molecule has 0 amide bonds. The minimum atomic E-state index is -0.0323. The van der Waals surface area contributed by atoms with Gasteiger partial charge in [0.15, 0.2) is 0 Å². The van der Waals surface area contributed by atoms with Crippen LogP contribution in [0.3, 0.4) is 0 Å². The first-order chi connectivity index (χ1) is 11.8. The molecule has 0 N–H and O–H groups in total. The molecule has 4 rings (SSSR count). The average Bonchev–Trinajstić information content (AvgIpc) is 2.98. The molecule has 0 atom stereocenters. The fourth-order valence-electron chi connectivity index (χ4n) is 4.04. The molecular weight excluding hydrogens is 298 g/mol. The Bertz CT molecular complexity index is 687. The van der Waals surface area contributed by atoms with E-state index in [1.807, 2.05) is 0 Å². The van der Waals surface area contributed by atoms with Crippen molar-refractivity contribution < 1.29 is 9.47 Å². The second-order valence-corrected chi connectivity index (χ2v) is 6.97. The summed E-state index contributed by atoms with van der Waals surface area (Å²) in [5, 5.41) is 0. The van der Waals surface area contributed by atoms with E-state index < -0.39 is 0 Å². The quantitative estimate of drug-likeness (QED) is 0.853. The molecule has 2 aliphatic rings. The van der Waals surface area contributed by atoms with E-state index in [-0.39, 0.29) is 5.60 Å². The van der Waals surface area contributed by atoms with Crippen LogP contribution in [-0.2, 0) is 34.8 Å². The molecule has 0 bridgehead atoms. The lowest BCUT2D eigenvalue weighted by Crippen LogP contribution is -2.42. The number of hydrogen-bond donors (Lipinski definition) is 0. The van der Waals surface area contributed by atoms with Crippen molar-refractivity contribution in [2.24, 2.45) is 0 Å². The Morgan fingerprint density at radius 3 is 2.46 bits per heavy atom. The summed E-state index contributed by atoms with van der Waals surface area (Å²) >= 11 is 0. The molecule has 0 aliphatic carbocycles. The molecule has 2 aliphatic heterocycles. The third-order valence-electron chi connectivity index (χ3n) is 5.42. The van der Waals surface area contributed by atoms with E-state index in [1.54, 1.807) is 7.11 Å². The van der Waals surface area contributed by atoms with Crippen LogP contribution >= 0.6 is 0 Å². The Morgan fingerprint density at radius 2 is 1.71 bits per heavy atom. The van der Waals surface area contributed by atoms with Crippen LogP contribution in [0.1, 0.15) is 35.1 Å². The highest BCUT2D eigenvalue weighted by atomic mass is 16.5. The van der Waals surface area contributed by atoms with E-state index in [9.17, 15) is 0 Å². The zero-order chi connectivity index (χ0) is 16.4. The first kappa shape index (κ1) is 15.8. The number of nitrogens with zero attached hydrogens (tertiary/aromatic N) is 1. The number of rotatable bonds is 4. The Kier molecular flexibility index (Phi) is 4.40. The fourth-order valence-corrected chi connectivity index (χ4v) is 4.04. The van der Waals surface area contributed by atoms with E-state index in [0.29, 0.717) is 6.61 Å². The van der Waals surface area contributed by atoms with Gasteiger partial charge >= 0.3 is 0 Å². The summed E-state index contributed by atoms with van der Waals surface area (Å²) in [6.45, 7) is 4.66. The van der Waals surface area contributed by atoms with Crippen LogP contribution in [0.15, 0.2) is 48.5 Å². The minimum absolute atomic E-state index is 0.0323. The predicted molar refractivity (Wildman–Crippen MR) is 94.6 cm³/mol. The summed E-state index contributed by atoms with van der Waals surface area (Å²) in [4.78, 5) is 2.54. The predicted octanol–water partition coefficient (Wildman–Crippen LogP) is 3.85. The second-order valence-electron chi connectivity index (χ2n) is 6.97.